The topological polar surface area (TPSA) is 55.1 Å². The Labute approximate surface area is 141 Å². The van der Waals surface area contributed by atoms with Crippen LogP contribution in [0.2, 0.25) is 0 Å². The fraction of sp³-hybridized carbons (Fsp3) is 0.316. The minimum Gasteiger partial charge on any atom is -0.419 e. The molecule has 0 radical (unpaired) electrons. The average Bonchev–Trinajstić information content (AvgIpc) is 3.14. The van der Waals surface area contributed by atoms with Crippen molar-refractivity contribution in [2.75, 3.05) is 6.54 Å². The van der Waals surface area contributed by atoms with Crippen molar-refractivity contribution in [1.82, 2.24) is 20.1 Å². The zero-order valence-corrected chi connectivity index (χ0v) is 13.5. The van der Waals surface area contributed by atoms with Crippen LogP contribution in [0.1, 0.15) is 36.8 Å². The van der Waals surface area contributed by atoms with E-state index in [-0.39, 0.29) is 6.04 Å². The van der Waals surface area contributed by atoms with Crippen LogP contribution in [0.3, 0.4) is 0 Å². The highest BCUT2D eigenvalue weighted by Gasteiger charge is 2.28. The van der Waals surface area contributed by atoms with Crippen LogP contribution in [-0.4, -0.2) is 26.6 Å². The number of hydrogen-bond acceptors (Lipinski definition) is 5. The number of aromatic nitrogens is 3. The van der Waals surface area contributed by atoms with Crippen LogP contribution in [0.25, 0.3) is 11.5 Å². The molecule has 1 aliphatic heterocycles. The molecule has 24 heavy (non-hydrogen) atoms. The van der Waals surface area contributed by atoms with Gasteiger partial charge >= 0.3 is 0 Å². The normalized spacial score (nSPS) is 18.6. The molecule has 0 unspecified atom stereocenters. The highest BCUT2D eigenvalue weighted by Crippen LogP contribution is 2.32. The SMILES string of the molecule is c1ccc(CN2CCCC[C@H]2c2nnc(-c3cccnc3)o2)cc1. The maximum Gasteiger partial charge on any atom is 0.249 e. The second-order valence-corrected chi connectivity index (χ2v) is 6.15. The third kappa shape index (κ3) is 3.21. The molecule has 1 aliphatic rings. The molecule has 3 aromatic rings. The van der Waals surface area contributed by atoms with Crippen molar-refractivity contribution >= 4 is 0 Å². The van der Waals surface area contributed by atoms with Gasteiger partial charge in [-0.25, -0.2) is 0 Å². The number of nitrogens with zero attached hydrogens (tertiary/aromatic N) is 4. The molecule has 1 saturated heterocycles. The zero-order chi connectivity index (χ0) is 16.2. The Hall–Kier alpha value is -2.53. The number of benzene rings is 1. The van der Waals surface area contributed by atoms with Crippen LogP contribution in [0.4, 0.5) is 0 Å². The summed E-state index contributed by atoms with van der Waals surface area (Å²) in [6, 6.07) is 14.6. The van der Waals surface area contributed by atoms with Crippen LogP contribution in [0.5, 0.6) is 0 Å². The Morgan fingerprint density at radius 2 is 1.96 bits per heavy atom. The molecule has 0 amide bonds. The molecule has 3 heterocycles. The van der Waals surface area contributed by atoms with E-state index >= 15 is 0 Å². The standard InChI is InChI=1S/C19H20N4O/c1-2-7-15(8-3-1)14-23-12-5-4-10-17(23)19-22-21-18(24-19)16-9-6-11-20-13-16/h1-3,6-9,11,13,17H,4-5,10,12,14H2/t17-/m0/s1. The quantitative estimate of drug-likeness (QED) is 0.730. The van der Waals surface area contributed by atoms with Gasteiger partial charge in [-0.15, -0.1) is 10.2 Å². The van der Waals surface area contributed by atoms with Crippen LogP contribution in [0, 0.1) is 0 Å². The molecule has 1 atom stereocenters. The van der Waals surface area contributed by atoms with Gasteiger partial charge in [0.05, 0.1) is 11.6 Å². The highest BCUT2D eigenvalue weighted by atomic mass is 16.4. The summed E-state index contributed by atoms with van der Waals surface area (Å²) in [4.78, 5) is 6.56. The summed E-state index contributed by atoms with van der Waals surface area (Å²) in [6.45, 7) is 1.97. The first-order valence-corrected chi connectivity index (χ1v) is 8.42. The molecular weight excluding hydrogens is 300 g/mol. The monoisotopic (exact) mass is 320 g/mol. The number of likely N-dealkylation sites (tertiary alicyclic amines) is 1. The first-order chi connectivity index (χ1) is 11.9. The molecule has 4 rings (SSSR count). The summed E-state index contributed by atoms with van der Waals surface area (Å²) in [6.07, 6.45) is 6.96. The van der Waals surface area contributed by atoms with Gasteiger partial charge in [-0.2, -0.15) is 0 Å². The van der Waals surface area contributed by atoms with Gasteiger partial charge in [-0.05, 0) is 37.1 Å². The fourth-order valence-electron chi connectivity index (χ4n) is 3.25. The van der Waals surface area contributed by atoms with Crippen molar-refractivity contribution < 1.29 is 4.42 Å². The van der Waals surface area contributed by atoms with Gasteiger partial charge in [-0.1, -0.05) is 36.8 Å². The van der Waals surface area contributed by atoms with E-state index in [1.165, 1.54) is 18.4 Å². The van der Waals surface area contributed by atoms with Crippen molar-refractivity contribution in [3.05, 3.63) is 66.3 Å². The van der Waals surface area contributed by atoms with E-state index < -0.39 is 0 Å². The Kier molecular flexibility index (Phi) is 4.34. The molecule has 5 nitrogen and oxygen atoms in total. The van der Waals surface area contributed by atoms with E-state index in [0.29, 0.717) is 11.8 Å². The van der Waals surface area contributed by atoms with Crippen molar-refractivity contribution in [1.29, 1.82) is 0 Å². The second kappa shape index (κ2) is 6.93. The van der Waals surface area contributed by atoms with Crippen molar-refractivity contribution in [3.63, 3.8) is 0 Å². The Bertz CT molecular complexity index is 772. The molecular formula is C19H20N4O. The van der Waals surface area contributed by atoms with Gasteiger partial charge in [-0.3, -0.25) is 9.88 Å². The highest BCUT2D eigenvalue weighted by molar-refractivity contribution is 5.49. The molecule has 0 aliphatic carbocycles. The van der Waals surface area contributed by atoms with Gasteiger partial charge in [0.25, 0.3) is 0 Å². The predicted molar refractivity (Wildman–Crippen MR) is 91.0 cm³/mol. The van der Waals surface area contributed by atoms with Gasteiger partial charge in [0.1, 0.15) is 0 Å². The van der Waals surface area contributed by atoms with Crippen LogP contribution in [0.15, 0.2) is 59.3 Å². The molecule has 0 saturated carbocycles. The second-order valence-electron chi connectivity index (χ2n) is 6.15. The van der Waals surface area contributed by atoms with Gasteiger partial charge in [0, 0.05) is 18.9 Å². The van der Waals surface area contributed by atoms with Crippen molar-refractivity contribution in [3.8, 4) is 11.5 Å². The summed E-state index contributed by atoms with van der Waals surface area (Å²) in [5, 5.41) is 8.54. The van der Waals surface area contributed by atoms with Gasteiger partial charge in [0.15, 0.2) is 0 Å². The largest absolute Gasteiger partial charge is 0.419 e. The van der Waals surface area contributed by atoms with E-state index in [4.69, 9.17) is 4.42 Å². The maximum absolute atomic E-state index is 5.97. The minimum atomic E-state index is 0.192. The first kappa shape index (κ1) is 15.0. The van der Waals surface area contributed by atoms with Gasteiger partial charge in [0.2, 0.25) is 11.8 Å². The van der Waals surface area contributed by atoms with Crippen LogP contribution >= 0.6 is 0 Å². The summed E-state index contributed by atoms with van der Waals surface area (Å²) >= 11 is 0. The summed E-state index contributed by atoms with van der Waals surface area (Å²) in [5.41, 5.74) is 2.18. The number of hydrogen-bond donors (Lipinski definition) is 0. The van der Waals surface area contributed by atoms with Crippen LogP contribution < -0.4 is 0 Å². The van der Waals surface area contributed by atoms with E-state index in [2.05, 4.69) is 50.4 Å². The molecule has 0 bridgehead atoms. The lowest BCUT2D eigenvalue weighted by atomic mass is 10.0. The lowest BCUT2D eigenvalue weighted by Crippen LogP contribution is -2.33. The van der Waals surface area contributed by atoms with E-state index in [0.717, 1.165) is 25.1 Å². The molecule has 0 N–H and O–H groups in total. The molecule has 5 heteroatoms. The number of piperidine rings is 1. The van der Waals surface area contributed by atoms with E-state index in [9.17, 15) is 0 Å². The summed E-state index contributed by atoms with van der Waals surface area (Å²) in [7, 11) is 0. The predicted octanol–water partition coefficient (Wildman–Crippen LogP) is 3.86. The molecule has 1 fully saturated rings. The van der Waals surface area contributed by atoms with Crippen LogP contribution in [-0.2, 0) is 6.54 Å². The fourth-order valence-corrected chi connectivity index (χ4v) is 3.25. The Balaban J connectivity index is 1.56. The van der Waals surface area contributed by atoms with Gasteiger partial charge < -0.3 is 4.42 Å². The third-order valence-electron chi connectivity index (χ3n) is 4.48. The lowest BCUT2D eigenvalue weighted by molar-refractivity contribution is 0.118. The maximum atomic E-state index is 5.97. The molecule has 1 aromatic carbocycles. The number of pyridine rings is 1. The van der Waals surface area contributed by atoms with Crippen molar-refractivity contribution in [2.45, 2.75) is 31.8 Å². The number of rotatable bonds is 4. The minimum absolute atomic E-state index is 0.192. The first-order valence-electron chi connectivity index (χ1n) is 8.42. The smallest absolute Gasteiger partial charge is 0.249 e. The Morgan fingerprint density at radius 3 is 2.79 bits per heavy atom. The summed E-state index contributed by atoms with van der Waals surface area (Å²) in [5.74, 6) is 1.26. The zero-order valence-electron chi connectivity index (χ0n) is 13.5. The van der Waals surface area contributed by atoms with E-state index in [1.54, 1.807) is 12.4 Å². The third-order valence-corrected chi connectivity index (χ3v) is 4.48. The Morgan fingerprint density at radius 1 is 1.04 bits per heavy atom. The molecule has 122 valence electrons. The average molecular weight is 320 g/mol. The molecule has 2 aromatic heterocycles. The van der Waals surface area contributed by atoms with Crippen molar-refractivity contribution in [2.24, 2.45) is 0 Å². The lowest BCUT2D eigenvalue weighted by Gasteiger charge is -2.33. The summed E-state index contributed by atoms with van der Waals surface area (Å²) < 4.78 is 5.97. The molecule has 0 spiro atoms. The van der Waals surface area contributed by atoms with E-state index in [1.807, 2.05) is 12.1 Å².